The highest BCUT2D eigenvalue weighted by Gasteiger charge is 2.42. The van der Waals surface area contributed by atoms with Gasteiger partial charge in [-0.05, 0) is 66.4 Å². The van der Waals surface area contributed by atoms with Gasteiger partial charge in [-0.2, -0.15) is 0 Å². The molecule has 0 amide bonds. The maximum absolute atomic E-state index is 9.83. The monoisotopic (exact) mass is 409 g/mol. The molecule has 0 bridgehead atoms. The second-order valence-electron chi connectivity index (χ2n) is 8.83. The number of phenols is 1. The minimum absolute atomic E-state index is 0.0330. The summed E-state index contributed by atoms with van der Waals surface area (Å²) in [5.41, 5.74) is 11.9. The number of rotatable bonds is 5. The second-order valence-corrected chi connectivity index (χ2v) is 8.83. The average molecular weight is 410 g/mol. The zero-order valence-corrected chi connectivity index (χ0v) is 17.4. The highest BCUT2D eigenvalue weighted by molar-refractivity contribution is 5.66. The Kier molecular flexibility index (Phi) is 5.37. The van der Waals surface area contributed by atoms with Crippen molar-refractivity contribution in [1.82, 2.24) is 26.1 Å². The molecule has 1 saturated carbocycles. The standard InChI is InChI=1S/C23H31N5O2/c1-2-13-8-17(30)4-6-18(13)14-3-5-19-20(9-14)27-28-22(19)23-25-11-21(26-23)15-7-16(12-29)24-10-15/h4,6-8,11,14,16,19-20,22,24,27-30H,2-3,5,9-10,12H2,1H3,(H,25,26)/t14?,16-,19?,20?,22?/m0/s1. The lowest BCUT2D eigenvalue weighted by molar-refractivity contribution is 0.271. The van der Waals surface area contributed by atoms with Crippen molar-refractivity contribution in [3.05, 3.63) is 53.1 Å². The Morgan fingerprint density at radius 1 is 1.20 bits per heavy atom. The number of hydrazine groups is 1. The van der Waals surface area contributed by atoms with Crippen LogP contribution >= 0.6 is 0 Å². The number of hydrogen-bond donors (Lipinski definition) is 6. The molecule has 0 spiro atoms. The number of imidazole rings is 1. The van der Waals surface area contributed by atoms with E-state index in [0.717, 1.165) is 43.7 Å². The molecule has 3 aliphatic rings. The molecule has 0 radical (unpaired) electrons. The number of aromatic amines is 1. The molecule has 7 nitrogen and oxygen atoms in total. The third-order valence-corrected chi connectivity index (χ3v) is 7.09. The van der Waals surface area contributed by atoms with Crippen LogP contribution in [0.3, 0.4) is 0 Å². The molecule has 6 N–H and O–H groups in total. The van der Waals surface area contributed by atoms with Gasteiger partial charge in [0.15, 0.2) is 0 Å². The Labute approximate surface area is 177 Å². The van der Waals surface area contributed by atoms with E-state index in [1.54, 1.807) is 0 Å². The van der Waals surface area contributed by atoms with Gasteiger partial charge in [0.25, 0.3) is 0 Å². The third-order valence-electron chi connectivity index (χ3n) is 7.09. The number of aliphatic hydroxyl groups excluding tert-OH is 1. The highest BCUT2D eigenvalue weighted by Crippen LogP contribution is 2.44. The summed E-state index contributed by atoms with van der Waals surface area (Å²) in [5, 5.41) is 22.4. The molecule has 2 aliphatic heterocycles. The fourth-order valence-corrected chi connectivity index (χ4v) is 5.47. The van der Waals surface area contributed by atoms with Crippen LogP contribution in [-0.2, 0) is 6.42 Å². The van der Waals surface area contributed by atoms with E-state index in [1.807, 2.05) is 18.3 Å². The van der Waals surface area contributed by atoms with E-state index in [1.165, 1.54) is 16.7 Å². The topological polar surface area (TPSA) is 105 Å². The molecule has 5 rings (SSSR count). The molecule has 3 heterocycles. The number of aromatic hydroxyl groups is 1. The molecular weight excluding hydrogens is 378 g/mol. The number of aliphatic hydroxyl groups is 1. The summed E-state index contributed by atoms with van der Waals surface area (Å²) in [4.78, 5) is 8.19. The normalized spacial score (nSPS) is 31.0. The van der Waals surface area contributed by atoms with Crippen molar-refractivity contribution in [3.8, 4) is 5.75 Å². The first kappa shape index (κ1) is 19.8. The number of fused-ring (bicyclic) bond motifs is 1. The summed E-state index contributed by atoms with van der Waals surface area (Å²) in [7, 11) is 0. The Bertz CT molecular complexity index is 939. The van der Waals surface area contributed by atoms with Crippen LogP contribution < -0.4 is 16.2 Å². The van der Waals surface area contributed by atoms with Gasteiger partial charge in [0.05, 0.1) is 24.5 Å². The Morgan fingerprint density at radius 2 is 2.10 bits per heavy atom. The van der Waals surface area contributed by atoms with Crippen molar-refractivity contribution in [2.45, 2.75) is 56.7 Å². The van der Waals surface area contributed by atoms with Crippen molar-refractivity contribution in [3.63, 3.8) is 0 Å². The molecule has 30 heavy (non-hydrogen) atoms. The first-order valence-electron chi connectivity index (χ1n) is 11.1. The Balaban J connectivity index is 1.29. The van der Waals surface area contributed by atoms with Crippen LogP contribution in [0.2, 0.25) is 0 Å². The third kappa shape index (κ3) is 3.56. The lowest BCUT2D eigenvalue weighted by atomic mass is 9.73. The van der Waals surface area contributed by atoms with Crippen LogP contribution in [0.25, 0.3) is 5.57 Å². The van der Waals surface area contributed by atoms with Crippen LogP contribution in [-0.4, -0.2) is 45.4 Å². The van der Waals surface area contributed by atoms with E-state index in [4.69, 9.17) is 0 Å². The molecule has 2 aromatic rings. The molecule has 1 aromatic carbocycles. The number of benzene rings is 1. The molecule has 4 unspecified atom stereocenters. The van der Waals surface area contributed by atoms with Crippen molar-refractivity contribution in [2.24, 2.45) is 5.92 Å². The van der Waals surface area contributed by atoms with E-state index in [2.05, 4.69) is 45.2 Å². The molecule has 1 aliphatic carbocycles. The van der Waals surface area contributed by atoms with Crippen LogP contribution in [0.15, 0.2) is 30.5 Å². The SMILES string of the molecule is CCc1cc(O)ccc1C1CCC2C(C1)NNC2c1ncc(C2=C[C@@H](CO)NC2)[nH]1. The fourth-order valence-electron chi connectivity index (χ4n) is 5.47. The van der Waals surface area contributed by atoms with E-state index in [0.29, 0.717) is 23.6 Å². The molecule has 7 heteroatoms. The van der Waals surface area contributed by atoms with Crippen LogP contribution in [0, 0.1) is 5.92 Å². The van der Waals surface area contributed by atoms with Gasteiger partial charge in [-0.25, -0.2) is 10.4 Å². The minimum atomic E-state index is 0.0330. The quantitative estimate of drug-likeness (QED) is 0.452. The van der Waals surface area contributed by atoms with Crippen LogP contribution in [0.5, 0.6) is 5.75 Å². The summed E-state index contributed by atoms with van der Waals surface area (Å²) in [6.07, 6.45) is 8.31. The average Bonchev–Trinajstić information content (AvgIpc) is 3.51. The summed E-state index contributed by atoms with van der Waals surface area (Å²) in [6, 6.07) is 6.47. The maximum Gasteiger partial charge on any atom is 0.125 e. The largest absolute Gasteiger partial charge is 0.508 e. The van der Waals surface area contributed by atoms with Crippen LogP contribution in [0.1, 0.15) is 60.8 Å². The number of nitrogens with one attached hydrogen (secondary N) is 4. The minimum Gasteiger partial charge on any atom is -0.508 e. The maximum atomic E-state index is 9.83. The fraction of sp³-hybridized carbons (Fsp3) is 0.522. The van der Waals surface area contributed by atoms with E-state index < -0.39 is 0 Å². The summed E-state index contributed by atoms with van der Waals surface area (Å²) in [6.45, 7) is 3.02. The summed E-state index contributed by atoms with van der Waals surface area (Å²) >= 11 is 0. The van der Waals surface area contributed by atoms with Gasteiger partial charge in [0, 0.05) is 18.6 Å². The number of aryl methyl sites for hydroxylation is 1. The molecule has 2 fully saturated rings. The van der Waals surface area contributed by atoms with Gasteiger partial charge < -0.3 is 20.5 Å². The number of phenolic OH excluding ortho intramolecular Hbond substituents is 1. The van der Waals surface area contributed by atoms with E-state index >= 15 is 0 Å². The predicted octanol–water partition coefficient (Wildman–Crippen LogP) is 2.13. The number of aromatic nitrogens is 2. The van der Waals surface area contributed by atoms with Crippen molar-refractivity contribution in [2.75, 3.05) is 13.2 Å². The van der Waals surface area contributed by atoms with Gasteiger partial charge in [-0.1, -0.05) is 19.1 Å². The second kappa shape index (κ2) is 8.15. The first-order chi connectivity index (χ1) is 14.7. The smallest absolute Gasteiger partial charge is 0.125 e. The highest BCUT2D eigenvalue weighted by atomic mass is 16.3. The molecule has 1 saturated heterocycles. The zero-order valence-electron chi connectivity index (χ0n) is 17.4. The van der Waals surface area contributed by atoms with Gasteiger partial charge in [0.1, 0.15) is 11.6 Å². The Morgan fingerprint density at radius 3 is 2.90 bits per heavy atom. The van der Waals surface area contributed by atoms with Crippen molar-refractivity contribution >= 4 is 5.57 Å². The number of nitrogens with zero attached hydrogens (tertiary/aromatic N) is 1. The van der Waals surface area contributed by atoms with Crippen molar-refractivity contribution < 1.29 is 10.2 Å². The number of H-pyrrole nitrogens is 1. The van der Waals surface area contributed by atoms with E-state index in [9.17, 15) is 10.2 Å². The summed E-state index contributed by atoms with van der Waals surface area (Å²) in [5.74, 6) is 2.36. The predicted molar refractivity (Wildman–Crippen MR) is 116 cm³/mol. The lowest BCUT2D eigenvalue weighted by Gasteiger charge is -2.33. The van der Waals surface area contributed by atoms with Crippen molar-refractivity contribution in [1.29, 1.82) is 0 Å². The van der Waals surface area contributed by atoms with Gasteiger partial charge >= 0.3 is 0 Å². The van der Waals surface area contributed by atoms with Gasteiger partial charge in [0.2, 0.25) is 0 Å². The van der Waals surface area contributed by atoms with Gasteiger partial charge in [-0.15, -0.1) is 0 Å². The molecule has 160 valence electrons. The molecular formula is C23H31N5O2. The lowest BCUT2D eigenvalue weighted by Crippen LogP contribution is -2.35. The zero-order chi connectivity index (χ0) is 20.7. The van der Waals surface area contributed by atoms with E-state index in [-0.39, 0.29) is 18.7 Å². The summed E-state index contributed by atoms with van der Waals surface area (Å²) < 4.78 is 0. The Hall–Kier alpha value is -2.19. The van der Waals surface area contributed by atoms with Gasteiger partial charge in [-0.3, -0.25) is 5.43 Å². The molecule has 5 atom stereocenters. The van der Waals surface area contributed by atoms with Crippen LogP contribution in [0.4, 0.5) is 0 Å². The molecule has 1 aromatic heterocycles. The number of hydrogen-bond acceptors (Lipinski definition) is 6. The first-order valence-corrected chi connectivity index (χ1v) is 11.1.